The molecule has 1 aliphatic heterocycles. The molecular formula is C50H55Cl2N11O5. The Morgan fingerprint density at radius 3 is 1.97 bits per heavy atom. The summed E-state index contributed by atoms with van der Waals surface area (Å²) in [4.78, 5) is 44.7. The van der Waals surface area contributed by atoms with Crippen molar-refractivity contribution in [3.8, 4) is 22.9 Å². The van der Waals surface area contributed by atoms with Crippen LogP contribution in [0.1, 0.15) is 96.5 Å². The van der Waals surface area contributed by atoms with Crippen LogP contribution in [0.15, 0.2) is 96.5 Å². The average molecular weight is 961 g/mol. The van der Waals surface area contributed by atoms with Gasteiger partial charge in [0, 0.05) is 65.3 Å². The molecule has 0 fully saturated rings. The maximum atomic E-state index is 13.4. The van der Waals surface area contributed by atoms with Gasteiger partial charge in [-0.2, -0.15) is 0 Å². The SMILES string of the molecule is C=C(c1ccc(Cl)cc1)c1cc(OC)ccc1-n1c(C)nnc1C(CCCC)CC(=O)NCCNC(=O)NCCNC(=O)CC1N=C(c2ccc(Cl)cc2)c2cc(OC)ccc2-n2c(C)nnc21. The van der Waals surface area contributed by atoms with Crippen LogP contribution in [0.3, 0.4) is 0 Å². The second-order valence-corrected chi connectivity index (χ2v) is 17.1. The molecule has 4 N–H and O–H groups in total. The number of methoxy groups -OCH3 is 2. The van der Waals surface area contributed by atoms with E-state index in [4.69, 9.17) is 37.7 Å². The van der Waals surface area contributed by atoms with E-state index in [9.17, 15) is 14.4 Å². The molecule has 3 heterocycles. The van der Waals surface area contributed by atoms with Gasteiger partial charge in [-0.1, -0.05) is 73.8 Å². The van der Waals surface area contributed by atoms with Crippen LogP contribution in [0.4, 0.5) is 4.79 Å². The summed E-state index contributed by atoms with van der Waals surface area (Å²) >= 11 is 12.4. The van der Waals surface area contributed by atoms with Gasteiger partial charge in [-0.05, 0) is 92.1 Å². The molecule has 354 valence electrons. The molecule has 2 aromatic heterocycles. The molecule has 7 rings (SSSR count). The van der Waals surface area contributed by atoms with Crippen LogP contribution in [0.2, 0.25) is 10.0 Å². The smallest absolute Gasteiger partial charge is 0.314 e. The van der Waals surface area contributed by atoms with E-state index >= 15 is 0 Å². The minimum Gasteiger partial charge on any atom is -0.497 e. The predicted octanol–water partition coefficient (Wildman–Crippen LogP) is 8.03. The highest BCUT2D eigenvalue weighted by atomic mass is 35.5. The largest absolute Gasteiger partial charge is 0.497 e. The van der Waals surface area contributed by atoms with E-state index in [1.807, 2.05) is 95.8 Å². The zero-order valence-corrected chi connectivity index (χ0v) is 40.2. The lowest BCUT2D eigenvalue weighted by atomic mass is 9.95. The van der Waals surface area contributed by atoms with Gasteiger partial charge in [0.05, 0.1) is 37.7 Å². The molecule has 0 saturated heterocycles. The van der Waals surface area contributed by atoms with Crippen LogP contribution in [0.5, 0.6) is 11.5 Å². The minimum absolute atomic E-state index is 0.0217. The van der Waals surface area contributed by atoms with Crippen molar-refractivity contribution in [2.24, 2.45) is 4.99 Å². The first-order valence-corrected chi connectivity index (χ1v) is 23.2. The molecule has 4 amide bonds. The molecule has 0 saturated carbocycles. The maximum Gasteiger partial charge on any atom is 0.314 e. The van der Waals surface area contributed by atoms with Crippen LogP contribution >= 0.6 is 23.2 Å². The number of ether oxygens (including phenoxy) is 2. The summed E-state index contributed by atoms with van der Waals surface area (Å²) in [5.74, 6) is 3.10. The number of carbonyl (C=O) groups is 3. The number of carbonyl (C=O) groups excluding carboxylic acids is 3. The Morgan fingerprint density at radius 2 is 1.31 bits per heavy atom. The van der Waals surface area contributed by atoms with Gasteiger partial charge in [0.25, 0.3) is 0 Å². The normalized spacial score (nSPS) is 13.3. The fourth-order valence-corrected chi connectivity index (χ4v) is 8.39. The lowest BCUT2D eigenvalue weighted by Gasteiger charge is -2.21. The van der Waals surface area contributed by atoms with Crippen molar-refractivity contribution in [3.05, 3.63) is 147 Å². The second kappa shape index (κ2) is 22.6. The number of nitrogens with zero attached hydrogens (tertiary/aromatic N) is 7. The van der Waals surface area contributed by atoms with Gasteiger partial charge in [-0.15, -0.1) is 20.4 Å². The van der Waals surface area contributed by atoms with E-state index in [2.05, 4.69) is 55.2 Å². The van der Waals surface area contributed by atoms with Crippen LogP contribution in [0, 0.1) is 13.8 Å². The van der Waals surface area contributed by atoms with Crippen molar-refractivity contribution in [2.75, 3.05) is 40.4 Å². The van der Waals surface area contributed by atoms with Gasteiger partial charge in [0.1, 0.15) is 35.0 Å². The summed E-state index contributed by atoms with van der Waals surface area (Å²) in [5, 5.41) is 30.4. The predicted molar refractivity (Wildman–Crippen MR) is 264 cm³/mol. The van der Waals surface area contributed by atoms with Crippen molar-refractivity contribution in [1.29, 1.82) is 0 Å². The Hall–Kier alpha value is -7.04. The minimum atomic E-state index is -0.677. The van der Waals surface area contributed by atoms with E-state index < -0.39 is 12.1 Å². The summed E-state index contributed by atoms with van der Waals surface area (Å²) in [7, 11) is 3.22. The molecule has 0 bridgehead atoms. The molecular weight excluding hydrogens is 906 g/mol. The number of urea groups is 1. The molecule has 18 heteroatoms. The van der Waals surface area contributed by atoms with Crippen molar-refractivity contribution in [2.45, 2.75) is 64.8 Å². The first-order chi connectivity index (χ1) is 32.9. The number of unbranched alkanes of at least 4 members (excludes halogenated alkanes) is 1. The number of aliphatic imine (C=N–C) groups is 1. The topological polar surface area (TPSA) is 192 Å². The van der Waals surface area contributed by atoms with Gasteiger partial charge in [0.15, 0.2) is 5.82 Å². The van der Waals surface area contributed by atoms with Gasteiger partial charge in [-0.3, -0.25) is 23.7 Å². The van der Waals surface area contributed by atoms with Crippen LogP contribution < -0.4 is 30.7 Å². The molecule has 2 atom stereocenters. The number of rotatable bonds is 20. The summed E-state index contributed by atoms with van der Waals surface area (Å²) in [5.41, 5.74) is 6.35. The number of nitrogens with one attached hydrogen (secondary N) is 4. The number of hydrogen-bond acceptors (Lipinski definition) is 10. The molecule has 1 aliphatic rings. The van der Waals surface area contributed by atoms with Crippen molar-refractivity contribution in [3.63, 3.8) is 0 Å². The molecule has 0 spiro atoms. The first kappa shape index (κ1) is 48.9. The molecule has 2 unspecified atom stereocenters. The molecule has 16 nitrogen and oxygen atoms in total. The maximum absolute atomic E-state index is 13.4. The first-order valence-electron chi connectivity index (χ1n) is 22.4. The summed E-state index contributed by atoms with van der Waals surface area (Å²) in [6, 6.07) is 25.2. The fraction of sp³-hybridized carbons (Fsp3) is 0.320. The van der Waals surface area contributed by atoms with Gasteiger partial charge in [-0.25, -0.2) is 4.79 Å². The zero-order valence-electron chi connectivity index (χ0n) is 38.7. The number of halogens is 2. The third-order valence-electron chi connectivity index (χ3n) is 11.6. The second-order valence-electron chi connectivity index (χ2n) is 16.3. The standard InChI is InChI=1S/C50H55Cl2N11O5/c1-7-8-9-35(48-60-58-31(3)62(48)43-20-18-38(67-5)27-40(43)30(2)33-10-14-36(51)15-11-33)26-45(64)53-22-24-55-50(66)56-25-23-54-46(65)29-42-49-61-59-32(4)63(49)44-21-19-39(68-6)28-41(44)47(57-42)34-12-16-37(52)17-13-34/h10-21,27-28,35,42H,2,7-9,22-26,29H2,1,3-6H3,(H,53,64)(H,54,65)(H2,55,56,66). The Kier molecular flexibility index (Phi) is 16.3. The van der Waals surface area contributed by atoms with E-state index in [1.54, 1.807) is 26.4 Å². The molecule has 0 radical (unpaired) electrons. The summed E-state index contributed by atoms with van der Waals surface area (Å²) < 4.78 is 15.1. The summed E-state index contributed by atoms with van der Waals surface area (Å²) in [6.07, 6.45) is 2.68. The Balaban J connectivity index is 0.917. The third-order valence-corrected chi connectivity index (χ3v) is 12.1. The Bertz CT molecular complexity index is 2810. The Labute approximate surface area is 405 Å². The number of fused-ring (bicyclic) bond motifs is 3. The number of benzene rings is 4. The lowest BCUT2D eigenvalue weighted by molar-refractivity contribution is -0.122. The van der Waals surface area contributed by atoms with Crippen molar-refractivity contribution >= 4 is 52.3 Å². The van der Waals surface area contributed by atoms with E-state index in [1.165, 1.54) is 0 Å². The highest BCUT2D eigenvalue weighted by Crippen LogP contribution is 2.36. The van der Waals surface area contributed by atoms with Gasteiger partial charge in [0.2, 0.25) is 11.8 Å². The molecule has 4 aromatic carbocycles. The highest BCUT2D eigenvalue weighted by Gasteiger charge is 2.30. The van der Waals surface area contributed by atoms with Gasteiger partial charge < -0.3 is 30.7 Å². The average Bonchev–Trinajstić information content (AvgIpc) is 3.89. The van der Waals surface area contributed by atoms with Crippen molar-refractivity contribution in [1.82, 2.24) is 50.8 Å². The molecule has 6 aromatic rings. The summed E-state index contributed by atoms with van der Waals surface area (Å²) in [6.45, 7) is 11.0. The lowest BCUT2D eigenvalue weighted by Crippen LogP contribution is -2.43. The molecule has 0 aliphatic carbocycles. The highest BCUT2D eigenvalue weighted by molar-refractivity contribution is 6.31. The van der Waals surface area contributed by atoms with Gasteiger partial charge >= 0.3 is 6.03 Å². The fourth-order valence-electron chi connectivity index (χ4n) is 8.14. The van der Waals surface area contributed by atoms with Crippen LogP contribution in [0.25, 0.3) is 16.9 Å². The number of hydrogen-bond donors (Lipinski definition) is 4. The third kappa shape index (κ3) is 11.5. The van der Waals surface area contributed by atoms with E-state index in [0.29, 0.717) is 57.0 Å². The quantitative estimate of drug-likeness (QED) is 0.0549. The van der Waals surface area contributed by atoms with E-state index in [0.717, 1.165) is 52.0 Å². The zero-order chi connectivity index (χ0) is 48.3. The number of aryl methyl sites for hydroxylation is 2. The number of amides is 4. The van der Waals surface area contributed by atoms with Crippen LogP contribution in [-0.2, 0) is 9.59 Å². The Morgan fingerprint density at radius 1 is 0.721 bits per heavy atom. The molecule has 68 heavy (non-hydrogen) atoms. The van der Waals surface area contributed by atoms with Crippen LogP contribution in [-0.4, -0.2) is 93.5 Å². The van der Waals surface area contributed by atoms with E-state index in [-0.39, 0.29) is 56.8 Å². The van der Waals surface area contributed by atoms with Crippen molar-refractivity contribution < 1.29 is 23.9 Å². The monoisotopic (exact) mass is 959 g/mol. The number of aromatic nitrogens is 6.